The van der Waals surface area contributed by atoms with Gasteiger partial charge in [-0.05, 0) is 93.7 Å². The SMILES string of the molecule is CCN(CC)c1ccc(C2C(O)C(c3ccc(N(C)C)c4cc5ccccc5cc34)C2O)c2cc3ccccc3cc12. The molecule has 0 heterocycles. The van der Waals surface area contributed by atoms with Crippen LogP contribution < -0.4 is 9.80 Å². The fraction of sp³-hybridized carbons (Fsp3) is 0.263. The van der Waals surface area contributed by atoms with Crippen molar-refractivity contribution in [1.29, 1.82) is 0 Å². The molecule has 4 nitrogen and oxygen atoms in total. The summed E-state index contributed by atoms with van der Waals surface area (Å²) in [7, 11) is 4.12. The van der Waals surface area contributed by atoms with Crippen molar-refractivity contribution in [2.75, 3.05) is 37.0 Å². The van der Waals surface area contributed by atoms with Crippen molar-refractivity contribution >= 4 is 54.5 Å². The number of benzene rings is 6. The van der Waals surface area contributed by atoms with Crippen molar-refractivity contribution in [3.05, 3.63) is 108 Å². The maximum atomic E-state index is 11.9. The monoisotopic (exact) mass is 554 g/mol. The molecule has 0 saturated heterocycles. The minimum absolute atomic E-state index is 0.367. The van der Waals surface area contributed by atoms with Crippen LogP contribution >= 0.6 is 0 Å². The van der Waals surface area contributed by atoms with Gasteiger partial charge in [0.1, 0.15) is 0 Å². The molecule has 2 atom stereocenters. The molecule has 42 heavy (non-hydrogen) atoms. The van der Waals surface area contributed by atoms with Crippen LogP contribution in [0.4, 0.5) is 11.4 Å². The van der Waals surface area contributed by atoms with E-state index in [-0.39, 0.29) is 11.8 Å². The lowest BCUT2D eigenvalue weighted by molar-refractivity contribution is -0.0775. The summed E-state index contributed by atoms with van der Waals surface area (Å²) in [6.07, 6.45) is -1.40. The summed E-state index contributed by atoms with van der Waals surface area (Å²) < 4.78 is 0. The van der Waals surface area contributed by atoms with Crippen LogP contribution in [-0.4, -0.2) is 49.6 Å². The standard InChI is InChI=1S/C38H38N2O2/c1-5-40(6-2)34-18-16-28(30-20-24-12-8-10-14-26(24)22-32(30)34)36-37(41)35(38(36)42)27-15-17-33(39(3)4)31-21-25-13-9-7-11-23(25)19-29(27)31/h7-22,35-38,41-42H,5-6H2,1-4H3. The molecule has 7 rings (SSSR count). The first kappa shape index (κ1) is 26.8. The number of hydrogen-bond donors (Lipinski definition) is 2. The van der Waals surface area contributed by atoms with Crippen molar-refractivity contribution in [2.45, 2.75) is 37.9 Å². The van der Waals surface area contributed by atoms with E-state index in [1.807, 2.05) is 0 Å². The molecule has 0 aliphatic heterocycles. The van der Waals surface area contributed by atoms with E-state index in [2.05, 4.69) is 135 Å². The number of aliphatic hydroxyl groups is 2. The quantitative estimate of drug-likeness (QED) is 0.206. The van der Waals surface area contributed by atoms with Gasteiger partial charge >= 0.3 is 0 Å². The maximum absolute atomic E-state index is 11.9. The van der Waals surface area contributed by atoms with Gasteiger partial charge in [-0.3, -0.25) is 0 Å². The summed E-state index contributed by atoms with van der Waals surface area (Å²) in [5, 5.41) is 32.9. The molecule has 0 radical (unpaired) electrons. The minimum Gasteiger partial charge on any atom is -0.392 e. The Bertz CT molecular complexity index is 1950. The van der Waals surface area contributed by atoms with E-state index in [9.17, 15) is 10.2 Å². The van der Waals surface area contributed by atoms with Crippen LogP contribution in [0, 0.1) is 0 Å². The molecular weight excluding hydrogens is 516 g/mol. The summed E-state index contributed by atoms with van der Waals surface area (Å²) in [6, 6.07) is 34.4. The third kappa shape index (κ3) is 4.05. The highest BCUT2D eigenvalue weighted by molar-refractivity contribution is 6.07. The van der Waals surface area contributed by atoms with E-state index < -0.39 is 12.2 Å². The lowest BCUT2D eigenvalue weighted by Crippen LogP contribution is -2.51. The summed E-state index contributed by atoms with van der Waals surface area (Å²) in [5.74, 6) is -0.735. The maximum Gasteiger partial charge on any atom is 0.0727 e. The van der Waals surface area contributed by atoms with E-state index in [0.717, 1.165) is 51.4 Å². The Morgan fingerprint density at radius 1 is 0.524 bits per heavy atom. The lowest BCUT2D eigenvalue weighted by Gasteiger charge is -2.48. The molecule has 1 fully saturated rings. The number of anilines is 2. The Hall–Kier alpha value is -4.12. The summed E-state index contributed by atoms with van der Waals surface area (Å²) >= 11 is 0. The van der Waals surface area contributed by atoms with Crippen LogP contribution in [0.3, 0.4) is 0 Å². The number of fused-ring (bicyclic) bond motifs is 4. The Labute approximate surface area is 247 Å². The van der Waals surface area contributed by atoms with Gasteiger partial charge in [-0.15, -0.1) is 0 Å². The van der Waals surface area contributed by atoms with Gasteiger partial charge in [-0.1, -0.05) is 60.7 Å². The van der Waals surface area contributed by atoms with Gasteiger partial charge in [0.2, 0.25) is 0 Å². The summed E-state index contributed by atoms with van der Waals surface area (Å²) in [4.78, 5) is 4.51. The Balaban J connectivity index is 1.36. The number of rotatable bonds is 6. The van der Waals surface area contributed by atoms with Crippen molar-refractivity contribution < 1.29 is 10.2 Å². The average molecular weight is 555 g/mol. The number of nitrogens with zero attached hydrogens (tertiary/aromatic N) is 2. The molecule has 2 unspecified atom stereocenters. The van der Waals surface area contributed by atoms with Gasteiger partial charge in [-0.2, -0.15) is 0 Å². The zero-order valence-electron chi connectivity index (χ0n) is 24.8. The molecule has 2 N–H and O–H groups in total. The van der Waals surface area contributed by atoms with E-state index in [1.165, 1.54) is 27.2 Å². The van der Waals surface area contributed by atoms with E-state index >= 15 is 0 Å². The Morgan fingerprint density at radius 3 is 1.31 bits per heavy atom. The molecule has 6 aromatic rings. The molecule has 1 aliphatic carbocycles. The van der Waals surface area contributed by atoms with Crippen molar-refractivity contribution in [3.8, 4) is 0 Å². The third-order valence-corrected chi connectivity index (χ3v) is 9.56. The summed E-state index contributed by atoms with van der Waals surface area (Å²) in [5.41, 5.74) is 4.35. The van der Waals surface area contributed by atoms with Crippen LogP contribution in [0.15, 0.2) is 97.1 Å². The molecule has 0 amide bonds. The molecular formula is C38H38N2O2. The van der Waals surface area contributed by atoms with Crippen LogP contribution in [-0.2, 0) is 0 Å². The second-order valence-corrected chi connectivity index (χ2v) is 11.9. The second kappa shape index (κ2) is 10.3. The molecule has 4 heteroatoms. The van der Waals surface area contributed by atoms with Crippen LogP contribution in [0.5, 0.6) is 0 Å². The van der Waals surface area contributed by atoms with E-state index in [1.54, 1.807) is 0 Å². The normalized spacial score (nSPS) is 20.3. The fourth-order valence-corrected chi connectivity index (χ4v) is 7.33. The molecule has 1 aliphatic rings. The van der Waals surface area contributed by atoms with E-state index in [4.69, 9.17) is 0 Å². The van der Waals surface area contributed by atoms with Gasteiger partial charge < -0.3 is 20.0 Å². The van der Waals surface area contributed by atoms with Crippen LogP contribution in [0.2, 0.25) is 0 Å². The Morgan fingerprint density at radius 2 is 0.905 bits per heavy atom. The predicted molar refractivity (Wildman–Crippen MR) is 178 cm³/mol. The van der Waals surface area contributed by atoms with Gasteiger partial charge in [0.05, 0.1) is 12.2 Å². The highest BCUT2D eigenvalue weighted by atomic mass is 16.3. The van der Waals surface area contributed by atoms with Crippen molar-refractivity contribution in [2.24, 2.45) is 0 Å². The van der Waals surface area contributed by atoms with Crippen LogP contribution in [0.25, 0.3) is 43.1 Å². The van der Waals surface area contributed by atoms with E-state index in [0.29, 0.717) is 0 Å². The molecule has 0 bridgehead atoms. The first-order valence-corrected chi connectivity index (χ1v) is 15.1. The summed E-state index contributed by atoms with van der Waals surface area (Å²) in [6.45, 7) is 6.20. The van der Waals surface area contributed by atoms with Gasteiger partial charge in [0.25, 0.3) is 0 Å². The average Bonchev–Trinajstić information content (AvgIpc) is 3.00. The molecule has 6 aromatic carbocycles. The number of hydrogen-bond acceptors (Lipinski definition) is 4. The van der Waals surface area contributed by atoms with Gasteiger partial charge in [0, 0.05) is 61.2 Å². The highest BCUT2D eigenvalue weighted by Gasteiger charge is 2.51. The van der Waals surface area contributed by atoms with Crippen molar-refractivity contribution in [3.63, 3.8) is 0 Å². The zero-order chi connectivity index (χ0) is 29.1. The number of aliphatic hydroxyl groups excluding tert-OH is 2. The lowest BCUT2D eigenvalue weighted by atomic mass is 9.62. The topological polar surface area (TPSA) is 46.9 Å². The minimum atomic E-state index is -0.700. The Kier molecular flexibility index (Phi) is 6.56. The van der Waals surface area contributed by atoms with Crippen LogP contribution in [0.1, 0.15) is 36.8 Å². The molecule has 1 saturated carbocycles. The zero-order valence-corrected chi connectivity index (χ0v) is 24.8. The largest absolute Gasteiger partial charge is 0.392 e. The molecule has 212 valence electrons. The van der Waals surface area contributed by atoms with Gasteiger partial charge in [-0.25, -0.2) is 0 Å². The molecule has 0 spiro atoms. The fourth-order valence-electron chi connectivity index (χ4n) is 7.33. The third-order valence-electron chi connectivity index (χ3n) is 9.56. The second-order valence-electron chi connectivity index (χ2n) is 11.9. The smallest absolute Gasteiger partial charge is 0.0727 e. The van der Waals surface area contributed by atoms with Crippen molar-refractivity contribution in [1.82, 2.24) is 0 Å². The first-order chi connectivity index (χ1) is 20.4. The predicted octanol–water partition coefficient (Wildman–Crippen LogP) is 7.81. The highest BCUT2D eigenvalue weighted by Crippen LogP contribution is 2.52. The van der Waals surface area contributed by atoms with Gasteiger partial charge in [0.15, 0.2) is 0 Å². The first-order valence-electron chi connectivity index (χ1n) is 15.1. The molecule has 0 aromatic heterocycles.